The highest BCUT2D eigenvalue weighted by atomic mass is 16.1. The SMILES string of the molecule is CCN1CCN(Cc2ccc(C(=O)Nc3ccc(CN)c(N)c3)cc2)CC1. The fourth-order valence-corrected chi connectivity index (χ4v) is 3.35. The first-order valence-corrected chi connectivity index (χ1v) is 9.52. The Morgan fingerprint density at radius 1 is 1.04 bits per heavy atom. The minimum Gasteiger partial charge on any atom is -0.398 e. The number of nitrogens with one attached hydrogen (secondary N) is 1. The minimum absolute atomic E-state index is 0.141. The molecule has 0 aromatic heterocycles. The summed E-state index contributed by atoms with van der Waals surface area (Å²) in [6.07, 6.45) is 0. The molecule has 0 atom stereocenters. The Balaban J connectivity index is 1.56. The Labute approximate surface area is 161 Å². The topological polar surface area (TPSA) is 87.6 Å². The van der Waals surface area contributed by atoms with Gasteiger partial charge in [-0.25, -0.2) is 0 Å². The average Bonchev–Trinajstić information content (AvgIpc) is 2.69. The van der Waals surface area contributed by atoms with E-state index in [4.69, 9.17) is 11.5 Å². The average molecular weight is 367 g/mol. The quantitative estimate of drug-likeness (QED) is 0.681. The Morgan fingerprint density at radius 3 is 2.30 bits per heavy atom. The van der Waals surface area contributed by atoms with Crippen LogP contribution in [0, 0.1) is 0 Å². The zero-order valence-corrected chi connectivity index (χ0v) is 15.9. The van der Waals surface area contributed by atoms with E-state index in [9.17, 15) is 4.79 Å². The van der Waals surface area contributed by atoms with Crippen LogP contribution < -0.4 is 16.8 Å². The van der Waals surface area contributed by atoms with Gasteiger partial charge in [0.15, 0.2) is 0 Å². The number of amides is 1. The molecule has 6 heteroatoms. The van der Waals surface area contributed by atoms with Gasteiger partial charge in [-0.05, 0) is 41.9 Å². The number of carbonyl (C=O) groups excluding carboxylic acids is 1. The van der Waals surface area contributed by atoms with Crippen LogP contribution in [-0.2, 0) is 13.1 Å². The second kappa shape index (κ2) is 8.99. The van der Waals surface area contributed by atoms with Crippen molar-refractivity contribution < 1.29 is 4.79 Å². The lowest BCUT2D eigenvalue weighted by Crippen LogP contribution is -2.45. The van der Waals surface area contributed by atoms with E-state index < -0.39 is 0 Å². The number of anilines is 2. The summed E-state index contributed by atoms with van der Waals surface area (Å²) in [7, 11) is 0. The number of piperazine rings is 1. The predicted octanol–water partition coefficient (Wildman–Crippen LogP) is 2.12. The molecule has 1 aliphatic heterocycles. The van der Waals surface area contributed by atoms with Gasteiger partial charge in [0.25, 0.3) is 5.91 Å². The van der Waals surface area contributed by atoms with Crippen LogP contribution in [0.15, 0.2) is 42.5 Å². The molecule has 2 aromatic rings. The summed E-state index contributed by atoms with van der Waals surface area (Å²) in [5.74, 6) is -0.141. The second-order valence-corrected chi connectivity index (χ2v) is 6.98. The third-order valence-electron chi connectivity index (χ3n) is 5.16. The van der Waals surface area contributed by atoms with Crippen LogP contribution in [0.1, 0.15) is 28.4 Å². The minimum atomic E-state index is -0.141. The van der Waals surface area contributed by atoms with Crippen molar-refractivity contribution in [3.05, 3.63) is 59.2 Å². The molecule has 3 rings (SSSR count). The number of carbonyl (C=O) groups is 1. The van der Waals surface area contributed by atoms with E-state index in [1.54, 1.807) is 6.07 Å². The van der Waals surface area contributed by atoms with Crippen molar-refractivity contribution in [2.45, 2.75) is 20.0 Å². The molecule has 1 fully saturated rings. The molecule has 1 amide bonds. The highest BCUT2D eigenvalue weighted by molar-refractivity contribution is 6.04. The van der Waals surface area contributed by atoms with Gasteiger partial charge in [-0.2, -0.15) is 0 Å². The number of nitrogen functional groups attached to an aromatic ring is 1. The van der Waals surface area contributed by atoms with Crippen LogP contribution in [0.4, 0.5) is 11.4 Å². The largest absolute Gasteiger partial charge is 0.398 e. The number of hydrogen-bond donors (Lipinski definition) is 3. The Hall–Kier alpha value is -2.41. The number of rotatable bonds is 6. The molecule has 6 nitrogen and oxygen atoms in total. The molecular weight excluding hydrogens is 338 g/mol. The summed E-state index contributed by atoms with van der Waals surface area (Å²) in [5, 5.41) is 2.89. The van der Waals surface area contributed by atoms with Gasteiger partial charge in [0, 0.05) is 56.2 Å². The first kappa shape index (κ1) is 19.4. The van der Waals surface area contributed by atoms with Crippen LogP contribution >= 0.6 is 0 Å². The Bertz CT molecular complexity index is 767. The van der Waals surface area contributed by atoms with Gasteiger partial charge in [0.2, 0.25) is 0 Å². The summed E-state index contributed by atoms with van der Waals surface area (Å²) in [6, 6.07) is 13.2. The van der Waals surface area contributed by atoms with Gasteiger partial charge in [-0.15, -0.1) is 0 Å². The molecule has 0 radical (unpaired) electrons. The van der Waals surface area contributed by atoms with Crippen molar-refractivity contribution in [3.63, 3.8) is 0 Å². The van der Waals surface area contributed by atoms with E-state index in [-0.39, 0.29) is 5.91 Å². The zero-order chi connectivity index (χ0) is 19.2. The van der Waals surface area contributed by atoms with Crippen LogP contribution in [0.2, 0.25) is 0 Å². The molecule has 0 unspecified atom stereocenters. The van der Waals surface area contributed by atoms with Crippen LogP contribution in [-0.4, -0.2) is 48.4 Å². The van der Waals surface area contributed by atoms with Gasteiger partial charge >= 0.3 is 0 Å². The molecule has 1 saturated heterocycles. The number of likely N-dealkylation sites (N-methyl/N-ethyl adjacent to an activating group) is 1. The van der Waals surface area contributed by atoms with Crippen molar-refractivity contribution in [1.82, 2.24) is 9.80 Å². The predicted molar refractivity (Wildman–Crippen MR) is 111 cm³/mol. The highest BCUT2D eigenvalue weighted by Gasteiger charge is 2.15. The zero-order valence-electron chi connectivity index (χ0n) is 15.9. The summed E-state index contributed by atoms with van der Waals surface area (Å²) in [4.78, 5) is 17.4. The van der Waals surface area contributed by atoms with Crippen molar-refractivity contribution in [2.24, 2.45) is 5.73 Å². The fourth-order valence-electron chi connectivity index (χ4n) is 3.35. The Morgan fingerprint density at radius 2 is 1.70 bits per heavy atom. The summed E-state index contributed by atoms with van der Waals surface area (Å²) in [6.45, 7) is 9.09. The lowest BCUT2D eigenvalue weighted by molar-refractivity contribution is 0.102. The molecular formula is C21H29N5O. The standard InChI is InChI=1S/C21H29N5O/c1-2-25-9-11-26(12-10-25)15-16-3-5-17(6-4-16)21(27)24-19-8-7-18(14-22)20(23)13-19/h3-8,13H,2,9-12,14-15,22-23H2,1H3,(H,24,27). The van der Waals surface area contributed by atoms with Gasteiger partial charge in [0.05, 0.1) is 0 Å². The van der Waals surface area contributed by atoms with E-state index >= 15 is 0 Å². The number of nitrogens with zero attached hydrogens (tertiary/aromatic N) is 2. The molecule has 0 spiro atoms. The van der Waals surface area contributed by atoms with Crippen molar-refractivity contribution in [2.75, 3.05) is 43.8 Å². The van der Waals surface area contributed by atoms with Crippen LogP contribution in [0.5, 0.6) is 0 Å². The van der Waals surface area contributed by atoms with Gasteiger partial charge in [-0.3, -0.25) is 9.69 Å². The van der Waals surface area contributed by atoms with E-state index in [0.29, 0.717) is 23.5 Å². The molecule has 27 heavy (non-hydrogen) atoms. The monoisotopic (exact) mass is 367 g/mol. The number of hydrogen-bond acceptors (Lipinski definition) is 5. The van der Waals surface area contributed by atoms with E-state index in [0.717, 1.165) is 44.8 Å². The first-order valence-electron chi connectivity index (χ1n) is 9.52. The molecule has 2 aromatic carbocycles. The molecule has 1 heterocycles. The maximum atomic E-state index is 12.5. The summed E-state index contributed by atoms with van der Waals surface area (Å²) < 4.78 is 0. The summed E-state index contributed by atoms with van der Waals surface area (Å²) >= 11 is 0. The molecule has 144 valence electrons. The third kappa shape index (κ3) is 5.07. The van der Waals surface area contributed by atoms with Crippen molar-refractivity contribution in [1.29, 1.82) is 0 Å². The normalized spacial score (nSPS) is 15.6. The maximum Gasteiger partial charge on any atom is 0.255 e. The highest BCUT2D eigenvalue weighted by Crippen LogP contribution is 2.18. The van der Waals surface area contributed by atoms with E-state index in [2.05, 4.69) is 22.0 Å². The van der Waals surface area contributed by atoms with E-state index in [1.165, 1.54) is 5.56 Å². The molecule has 5 N–H and O–H groups in total. The third-order valence-corrected chi connectivity index (χ3v) is 5.16. The van der Waals surface area contributed by atoms with E-state index in [1.807, 2.05) is 36.4 Å². The number of benzene rings is 2. The van der Waals surface area contributed by atoms with Gasteiger partial charge in [-0.1, -0.05) is 25.1 Å². The first-order chi connectivity index (χ1) is 13.1. The number of nitrogens with two attached hydrogens (primary N) is 2. The lowest BCUT2D eigenvalue weighted by Gasteiger charge is -2.34. The molecule has 1 aliphatic rings. The van der Waals surface area contributed by atoms with Crippen LogP contribution in [0.3, 0.4) is 0 Å². The van der Waals surface area contributed by atoms with Crippen molar-refractivity contribution >= 4 is 17.3 Å². The smallest absolute Gasteiger partial charge is 0.255 e. The Kier molecular flexibility index (Phi) is 6.45. The fraction of sp³-hybridized carbons (Fsp3) is 0.381. The second-order valence-electron chi connectivity index (χ2n) is 6.98. The van der Waals surface area contributed by atoms with Crippen molar-refractivity contribution in [3.8, 4) is 0 Å². The molecule has 0 bridgehead atoms. The van der Waals surface area contributed by atoms with Gasteiger partial charge < -0.3 is 21.7 Å². The summed E-state index contributed by atoms with van der Waals surface area (Å²) in [5.41, 5.74) is 15.6. The van der Waals surface area contributed by atoms with Gasteiger partial charge in [0.1, 0.15) is 0 Å². The van der Waals surface area contributed by atoms with Crippen LogP contribution in [0.25, 0.3) is 0 Å². The molecule has 0 aliphatic carbocycles. The maximum absolute atomic E-state index is 12.5. The molecule has 0 saturated carbocycles. The lowest BCUT2D eigenvalue weighted by atomic mass is 10.1.